The minimum absolute atomic E-state index is 0.0285. The van der Waals surface area contributed by atoms with Gasteiger partial charge in [0.1, 0.15) is 0 Å². The van der Waals surface area contributed by atoms with Crippen LogP contribution in [0, 0.1) is 24.7 Å². The molecule has 0 spiro atoms. The summed E-state index contributed by atoms with van der Waals surface area (Å²) in [6.07, 6.45) is 1.62. The minimum Gasteiger partial charge on any atom is -0.342 e. The molecule has 1 aromatic rings. The molecule has 1 unspecified atom stereocenters. The molecule has 1 atom stereocenters. The van der Waals surface area contributed by atoms with Gasteiger partial charge >= 0.3 is 0 Å². The van der Waals surface area contributed by atoms with Gasteiger partial charge in [0.25, 0.3) is 5.56 Å². The van der Waals surface area contributed by atoms with Crippen molar-refractivity contribution < 1.29 is 4.79 Å². The highest BCUT2D eigenvalue weighted by atomic mass is 32.2. The van der Waals surface area contributed by atoms with Crippen LogP contribution in [0.3, 0.4) is 0 Å². The second-order valence-electron chi connectivity index (χ2n) is 7.18. The Morgan fingerprint density at radius 1 is 1.35 bits per heavy atom. The van der Waals surface area contributed by atoms with Crippen LogP contribution in [0.15, 0.2) is 16.1 Å². The van der Waals surface area contributed by atoms with Crippen LogP contribution in [0.5, 0.6) is 0 Å². The Kier molecular flexibility index (Phi) is 5.89. The van der Waals surface area contributed by atoms with Crippen molar-refractivity contribution in [2.45, 2.75) is 46.3 Å². The summed E-state index contributed by atoms with van der Waals surface area (Å²) in [6, 6.07) is 0. The zero-order valence-corrected chi connectivity index (χ0v) is 15.5. The number of hydrogen-bond donors (Lipinski definition) is 0. The van der Waals surface area contributed by atoms with Gasteiger partial charge in [-0.15, -0.1) is 0 Å². The van der Waals surface area contributed by atoms with E-state index in [1.807, 2.05) is 4.90 Å². The number of carbonyl (C=O) groups is 1. The predicted molar refractivity (Wildman–Crippen MR) is 93.7 cm³/mol. The summed E-state index contributed by atoms with van der Waals surface area (Å²) >= 11 is 1.51. The van der Waals surface area contributed by atoms with Crippen molar-refractivity contribution in [2.24, 2.45) is 17.8 Å². The number of fused-ring (bicyclic) bond motifs is 1. The second kappa shape index (κ2) is 7.51. The Bertz CT molecular complexity index is 615. The predicted octanol–water partition coefficient (Wildman–Crippen LogP) is 2.41. The van der Waals surface area contributed by atoms with Crippen LogP contribution < -0.4 is 5.56 Å². The van der Waals surface area contributed by atoms with E-state index in [0.29, 0.717) is 29.7 Å². The molecule has 2 rings (SSSR count). The van der Waals surface area contributed by atoms with Crippen molar-refractivity contribution in [3.63, 3.8) is 0 Å². The molecule has 0 bridgehead atoms. The van der Waals surface area contributed by atoms with Crippen molar-refractivity contribution >= 4 is 17.7 Å². The number of aryl methyl sites for hydroxylation is 1. The van der Waals surface area contributed by atoms with Gasteiger partial charge in [-0.25, -0.2) is 4.98 Å². The van der Waals surface area contributed by atoms with Crippen molar-refractivity contribution in [1.29, 1.82) is 0 Å². The molecule has 0 fully saturated rings. The summed E-state index contributed by atoms with van der Waals surface area (Å²) in [7, 11) is 0. The van der Waals surface area contributed by atoms with E-state index in [2.05, 4.69) is 32.7 Å². The van der Waals surface area contributed by atoms with Crippen molar-refractivity contribution in [2.75, 3.05) is 18.8 Å². The van der Waals surface area contributed by atoms with Crippen molar-refractivity contribution in [1.82, 2.24) is 14.5 Å². The number of rotatable bonds is 5. The molecule has 128 valence electrons. The van der Waals surface area contributed by atoms with Crippen molar-refractivity contribution in [3.8, 4) is 0 Å². The Balaban J connectivity index is 2.19. The molecule has 1 aromatic heterocycles. The first kappa shape index (κ1) is 18.0. The van der Waals surface area contributed by atoms with Crippen molar-refractivity contribution in [3.05, 3.63) is 22.1 Å². The molecule has 0 N–H and O–H groups in total. The van der Waals surface area contributed by atoms with Gasteiger partial charge in [-0.05, 0) is 18.8 Å². The molecule has 0 saturated carbocycles. The molecule has 23 heavy (non-hydrogen) atoms. The summed E-state index contributed by atoms with van der Waals surface area (Å²) < 4.78 is 1.66. The van der Waals surface area contributed by atoms with E-state index in [1.165, 1.54) is 11.8 Å². The maximum atomic E-state index is 13.0. The molecule has 5 nitrogen and oxygen atoms in total. The largest absolute Gasteiger partial charge is 0.342 e. The quantitative estimate of drug-likeness (QED) is 0.774. The van der Waals surface area contributed by atoms with E-state index in [0.717, 1.165) is 18.2 Å². The average Bonchev–Trinajstić information content (AvgIpc) is 2.48. The van der Waals surface area contributed by atoms with Crippen LogP contribution in [-0.4, -0.2) is 39.2 Å². The van der Waals surface area contributed by atoms with E-state index >= 15 is 0 Å². The van der Waals surface area contributed by atoms with Crippen LogP contribution in [0.1, 0.15) is 33.3 Å². The number of nitrogens with zero attached hydrogens (tertiary/aromatic N) is 3. The molecule has 0 aromatic carbocycles. The highest BCUT2D eigenvalue weighted by Crippen LogP contribution is 2.26. The topological polar surface area (TPSA) is 55.2 Å². The average molecular weight is 337 g/mol. The molecular formula is C17H27N3O2S. The molecule has 6 heteroatoms. The molecule has 1 aliphatic rings. The van der Waals surface area contributed by atoms with E-state index in [1.54, 1.807) is 17.7 Å². The highest BCUT2D eigenvalue weighted by Gasteiger charge is 2.30. The Hall–Kier alpha value is -1.30. The molecule has 0 radical (unpaired) electrons. The molecule has 1 aliphatic heterocycles. The third kappa shape index (κ3) is 4.37. The lowest BCUT2D eigenvalue weighted by Crippen LogP contribution is -2.45. The smallest absolute Gasteiger partial charge is 0.257 e. The zero-order chi connectivity index (χ0) is 17.1. The van der Waals surface area contributed by atoms with Gasteiger partial charge in [-0.3, -0.25) is 14.2 Å². The lowest BCUT2D eigenvalue weighted by Gasteiger charge is -2.32. The van der Waals surface area contributed by atoms with E-state index in [9.17, 15) is 9.59 Å². The first-order valence-electron chi connectivity index (χ1n) is 8.27. The Morgan fingerprint density at radius 3 is 2.52 bits per heavy atom. The van der Waals surface area contributed by atoms with Gasteiger partial charge in [0.15, 0.2) is 5.16 Å². The highest BCUT2D eigenvalue weighted by molar-refractivity contribution is 7.99. The summed E-state index contributed by atoms with van der Waals surface area (Å²) in [6.45, 7) is 12.3. The van der Waals surface area contributed by atoms with E-state index < -0.39 is 0 Å². The van der Waals surface area contributed by atoms with Gasteiger partial charge in [-0.2, -0.15) is 0 Å². The Labute approximate surface area is 142 Å². The third-order valence-electron chi connectivity index (χ3n) is 3.83. The number of carbonyl (C=O) groups excluding carboxylic acids is 1. The fourth-order valence-corrected chi connectivity index (χ4v) is 3.88. The molecular weight excluding hydrogens is 310 g/mol. The zero-order valence-electron chi connectivity index (χ0n) is 14.7. The van der Waals surface area contributed by atoms with Gasteiger partial charge < -0.3 is 4.90 Å². The van der Waals surface area contributed by atoms with Gasteiger partial charge in [-0.1, -0.05) is 39.5 Å². The van der Waals surface area contributed by atoms with Crippen LogP contribution in [0.25, 0.3) is 0 Å². The van der Waals surface area contributed by atoms with Gasteiger partial charge in [0, 0.05) is 37.1 Å². The lowest BCUT2D eigenvalue weighted by molar-refractivity contribution is -0.136. The minimum atomic E-state index is -0.147. The van der Waals surface area contributed by atoms with Crippen LogP contribution >= 0.6 is 11.8 Å². The lowest BCUT2D eigenvalue weighted by atomic mass is 10.1. The maximum absolute atomic E-state index is 13.0. The number of amides is 1. The van der Waals surface area contributed by atoms with E-state index in [-0.39, 0.29) is 17.4 Å². The number of aromatic nitrogens is 2. The molecule has 0 aliphatic carbocycles. The summed E-state index contributed by atoms with van der Waals surface area (Å²) in [5.41, 5.74) is 0.600. The SMILES string of the molecule is Cc1cnc2n(c1=O)CC(C(=O)N(CC(C)C)CC(C)C)CS2. The first-order valence-corrected chi connectivity index (χ1v) is 9.26. The molecule has 1 amide bonds. The van der Waals surface area contributed by atoms with Gasteiger partial charge in [0.05, 0.1) is 5.92 Å². The summed E-state index contributed by atoms with van der Waals surface area (Å²) in [5, 5.41) is 0.726. The first-order chi connectivity index (χ1) is 10.8. The summed E-state index contributed by atoms with van der Waals surface area (Å²) in [4.78, 5) is 31.5. The number of hydrogen-bond acceptors (Lipinski definition) is 4. The standard InChI is InChI=1S/C17H27N3O2S/c1-11(2)7-19(8-12(3)4)16(22)14-9-20-15(21)13(5)6-18-17(20)23-10-14/h6,11-12,14H,7-10H2,1-5H3. The van der Waals surface area contributed by atoms with Crippen LogP contribution in [0.4, 0.5) is 0 Å². The Morgan fingerprint density at radius 2 is 1.96 bits per heavy atom. The fraction of sp³-hybridized carbons (Fsp3) is 0.706. The van der Waals surface area contributed by atoms with Crippen LogP contribution in [0.2, 0.25) is 0 Å². The maximum Gasteiger partial charge on any atom is 0.257 e. The normalized spacial score (nSPS) is 17.4. The monoisotopic (exact) mass is 337 g/mol. The molecule has 0 saturated heterocycles. The third-order valence-corrected chi connectivity index (χ3v) is 4.98. The van der Waals surface area contributed by atoms with Gasteiger partial charge in [0.2, 0.25) is 5.91 Å². The number of thioether (sulfide) groups is 1. The fourth-order valence-electron chi connectivity index (χ4n) is 2.84. The molecule has 2 heterocycles. The summed E-state index contributed by atoms with van der Waals surface area (Å²) in [5.74, 6) is 1.59. The second-order valence-corrected chi connectivity index (χ2v) is 8.17. The van der Waals surface area contributed by atoms with Crippen LogP contribution in [-0.2, 0) is 11.3 Å². The van der Waals surface area contributed by atoms with E-state index in [4.69, 9.17) is 0 Å².